The van der Waals surface area contributed by atoms with Gasteiger partial charge in [-0.25, -0.2) is 0 Å². The van der Waals surface area contributed by atoms with Gasteiger partial charge in [0.05, 0.1) is 6.61 Å². The van der Waals surface area contributed by atoms with Gasteiger partial charge in [0.2, 0.25) is 0 Å². The van der Waals surface area contributed by atoms with Crippen LogP contribution in [0.1, 0.15) is 18.6 Å². The third-order valence-electron chi connectivity index (χ3n) is 1.80. The van der Waals surface area contributed by atoms with Crippen LogP contribution in [0.15, 0.2) is 22.7 Å². The van der Waals surface area contributed by atoms with E-state index in [-0.39, 0.29) is 0 Å². The van der Waals surface area contributed by atoms with Crippen LogP contribution in [0, 0.1) is 0 Å². The first kappa shape index (κ1) is 12.0. The molecule has 4 heteroatoms. The Kier molecular flexibility index (Phi) is 4.89. The summed E-state index contributed by atoms with van der Waals surface area (Å²) in [6.45, 7) is 2.79. The number of aliphatic hydroxyl groups is 1. The molecule has 0 heterocycles. The summed E-state index contributed by atoms with van der Waals surface area (Å²) in [5.41, 5.74) is 0.794. The fourth-order valence-electron chi connectivity index (χ4n) is 1.09. The SMILES string of the molecule is CCOCC(O)c1ccc(Cl)cc1Br. The molecule has 14 heavy (non-hydrogen) atoms. The second kappa shape index (κ2) is 5.71. The van der Waals surface area contributed by atoms with Gasteiger partial charge in [0.1, 0.15) is 6.10 Å². The predicted octanol–water partition coefficient (Wildman–Crippen LogP) is 3.17. The van der Waals surface area contributed by atoms with Crippen molar-refractivity contribution in [2.24, 2.45) is 0 Å². The first-order valence-electron chi connectivity index (χ1n) is 4.36. The molecule has 2 nitrogen and oxygen atoms in total. The van der Waals surface area contributed by atoms with Crippen LogP contribution in [0.3, 0.4) is 0 Å². The normalized spacial score (nSPS) is 12.9. The fourth-order valence-corrected chi connectivity index (χ4v) is 2.04. The Balaban J connectivity index is 2.74. The van der Waals surface area contributed by atoms with Crippen LogP contribution in [0.4, 0.5) is 0 Å². The number of halogens is 2. The highest BCUT2D eigenvalue weighted by Gasteiger charge is 2.11. The molecule has 0 radical (unpaired) electrons. The van der Waals surface area contributed by atoms with E-state index >= 15 is 0 Å². The van der Waals surface area contributed by atoms with Crippen molar-refractivity contribution in [1.29, 1.82) is 0 Å². The second-order valence-electron chi connectivity index (χ2n) is 2.84. The second-order valence-corrected chi connectivity index (χ2v) is 4.13. The molecule has 0 saturated heterocycles. The molecule has 1 atom stereocenters. The van der Waals surface area contributed by atoms with Gasteiger partial charge in [0, 0.05) is 16.1 Å². The highest BCUT2D eigenvalue weighted by atomic mass is 79.9. The standard InChI is InChI=1S/C10H12BrClO2/c1-2-14-6-10(13)8-4-3-7(12)5-9(8)11/h3-5,10,13H,2,6H2,1H3. The van der Waals surface area contributed by atoms with Gasteiger partial charge in [0.15, 0.2) is 0 Å². The minimum Gasteiger partial charge on any atom is -0.386 e. The Morgan fingerprint density at radius 2 is 2.29 bits per heavy atom. The first-order valence-corrected chi connectivity index (χ1v) is 5.53. The van der Waals surface area contributed by atoms with Gasteiger partial charge in [-0.15, -0.1) is 0 Å². The Labute approximate surface area is 97.0 Å². The molecule has 1 rings (SSSR count). The van der Waals surface area contributed by atoms with Crippen molar-refractivity contribution in [2.45, 2.75) is 13.0 Å². The molecule has 1 unspecified atom stereocenters. The van der Waals surface area contributed by atoms with Crippen LogP contribution in [0.5, 0.6) is 0 Å². The monoisotopic (exact) mass is 278 g/mol. The Morgan fingerprint density at radius 1 is 1.57 bits per heavy atom. The molecular formula is C10H12BrClO2. The van der Waals surface area contributed by atoms with E-state index in [1.54, 1.807) is 18.2 Å². The van der Waals surface area contributed by atoms with Crippen LogP contribution in [0.2, 0.25) is 5.02 Å². The van der Waals surface area contributed by atoms with Crippen molar-refractivity contribution in [3.8, 4) is 0 Å². The topological polar surface area (TPSA) is 29.5 Å². The van der Waals surface area contributed by atoms with Gasteiger partial charge in [-0.2, -0.15) is 0 Å². The van der Waals surface area contributed by atoms with Crippen molar-refractivity contribution >= 4 is 27.5 Å². The summed E-state index contributed by atoms with van der Waals surface area (Å²) in [5, 5.41) is 10.4. The molecule has 0 aliphatic rings. The van der Waals surface area contributed by atoms with Crippen LogP contribution in [-0.4, -0.2) is 18.3 Å². The maximum absolute atomic E-state index is 9.73. The summed E-state index contributed by atoms with van der Waals surface area (Å²) in [6, 6.07) is 5.29. The highest BCUT2D eigenvalue weighted by Crippen LogP contribution is 2.26. The van der Waals surface area contributed by atoms with Crippen molar-refractivity contribution < 1.29 is 9.84 Å². The lowest BCUT2D eigenvalue weighted by atomic mass is 10.1. The highest BCUT2D eigenvalue weighted by molar-refractivity contribution is 9.10. The van der Waals surface area contributed by atoms with E-state index in [0.29, 0.717) is 18.2 Å². The minimum atomic E-state index is -0.610. The predicted molar refractivity (Wildman–Crippen MR) is 60.6 cm³/mol. The van der Waals surface area contributed by atoms with Crippen molar-refractivity contribution in [3.05, 3.63) is 33.3 Å². The number of hydrogen-bond acceptors (Lipinski definition) is 2. The molecule has 1 aromatic rings. The molecule has 0 fully saturated rings. The van der Waals surface area contributed by atoms with Gasteiger partial charge in [0.25, 0.3) is 0 Å². The van der Waals surface area contributed by atoms with Crippen LogP contribution in [-0.2, 0) is 4.74 Å². The van der Waals surface area contributed by atoms with Gasteiger partial charge in [-0.05, 0) is 24.6 Å². The lowest BCUT2D eigenvalue weighted by Crippen LogP contribution is -2.07. The Hall–Kier alpha value is -0.0900. The molecule has 0 bridgehead atoms. The first-order chi connectivity index (χ1) is 6.65. The van der Waals surface area contributed by atoms with Crippen LogP contribution in [0.25, 0.3) is 0 Å². The number of hydrogen-bond donors (Lipinski definition) is 1. The van der Waals surface area contributed by atoms with E-state index < -0.39 is 6.10 Å². The fraction of sp³-hybridized carbons (Fsp3) is 0.400. The smallest absolute Gasteiger partial charge is 0.103 e. The third kappa shape index (κ3) is 3.24. The van der Waals surface area contributed by atoms with E-state index in [9.17, 15) is 5.11 Å². The van der Waals surface area contributed by atoms with Gasteiger partial charge >= 0.3 is 0 Å². The van der Waals surface area contributed by atoms with Crippen molar-refractivity contribution in [1.82, 2.24) is 0 Å². The molecule has 1 aromatic carbocycles. The zero-order valence-corrected chi connectivity index (χ0v) is 10.2. The zero-order chi connectivity index (χ0) is 10.6. The van der Waals surface area contributed by atoms with E-state index in [4.69, 9.17) is 16.3 Å². The van der Waals surface area contributed by atoms with Gasteiger partial charge in [-0.3, -0.25) is 0 Å². The van der Waals surface area contributed by atoms with Gasteiger partial charge in [-0.1, -0.05) is 33.6 Å². The van der Waals surface area contributed by atoms with Gasteiger partial charge < -0.3 is 9.84 Å². The lowest BCUT2D eigenvalue weighted by molar-refractivity contribution is 0.0416. The maximum atomic E-state index is 9.73. The molecular weight excluding hydrogens is 267 g/mol. The summed E-state index contributed by atoms with van der Waals surface area (Å²) in [7, 11) is 0. The number of aliphatic hydroxyl groups excluding tert-OH is 1. The maximum Gasteiger partial charge on any atom is 0.103 e. The summed E-state index contributed by atoms with van der Waals surface area (Å²) >= 11 is 9.12. The zero-order valence-electron chi connectivity index (χ0n) is 7.84. The molecule has 0 aliphatic carbocycles. The van der Waals surface area contributed by atoms with E-state index in [1.807, 2.05) is 6.92 Å². The largest absolute Gasteiger partial charge is 0.386 e. The number of benzene rings is 1. The average Bonchev–Trinajstić information content (AvgIpc) is 2.14. The molecule has 78 valence electrons. The Morgan fingerprint density at radius 3 is 2.86 bits per heavy atom. The molecule has 0 spiro atoms. The van der Waals surface area contributed by atoms with Crippen molar-refractivity contribution in [3.63, 3.8) is 0 Å². The molecule has 0 aromatic heterocycles. The lowest BCUT2D eigenvalue weighted by Gasteiger charge is -2.12. The molecule has 1 N–H and O–H groups in total. The Bertz CT molecular complexity index is 304. The number of ether oxygens (including phenoxy) is 1. The van der Waals surface area contributed by atoms with Crippen molar-refractivity contribution in [2.75, 3.05) is 13.2 Å². The molecule has 0 amide bonds. The summed E-state index contributed by atoms with van der Waals surface area (Å²) in [6.07, 6.45) is -0.610. The van der Waals surface area contributed by atoms with E-state index in [2.05, 4.69) is 15.9 Å². The third-order valence-corrected chi connectivity index (χ3v) is 2.72. The number of rotatable bonds is 4. The molecule has 0 saturated carbocycles. The summed E-state index contributed by atoms with van der Waals surface area (Å²) < 4.78 is 5.93. The minimum absolute atomic E-state index is 0.302. The summed E-state index contributed by atoms with van der Waals surface area (Å²) in [5.74, 6) is 0. The van der Waals surface area contributed by atoms with E-state index in [0.717, 1.165) is 10.0 Å². The average molecular weight is 280 g/mol. The van der Waals surface area contributed by atoms with E-state index in [1.165, 1.54) is 0 Å². The van der Waals surface area contributed by atoms with Crippen LogP contribution < -0.4 is 0 Å². The molecule has 0 aliphatic heterocycles. The quantitative estimate of drug-likeness (QED) is 0.917. The van der Waals surface area contributed by atoms with Crippen LogP contribution >= 0.6 is 27.5 Å². The summed E-state index contributed by atoms with van der Waals surface area (Å²) in [4.78, 5) is 0.